The fraction of sp³-hybridized carbons (Fsp3) is 0.375. The molecule has 1 aromatic heterocycles. The Morgan fingerprint density at radius 3 is 2.58 bits per heavy atom. The predicted molar refractivity (Wildman–Crippen MR) is 124 cm³/mol. The van der Waals surface area contributed by atoms with Gasteiger partial charge in [0.2, 0.25) is 0 Å². The molecule has 3 heterocycles. The van der Waals surface area contributed by atoms with E-state index in [1.807, 2.05) is 24.0 Å². The lowest BCUT2D eigenvalue weighted by Gasteiger charge is -2.33. The Kier molecular flexibility index (Phi) is 5.33. The lowest BCUT2D eigenvalue weighted by molar-refractivity contribution is 0.0649. The van der Waals surface area contributed by atoms with E-state index in [0.29, 0.717) is 53.7 Å². The van der Waals surface area contributed by atoms with Gasteiger partial charge < -0.3 is 18.6 Å². The van der Waals surface area contributed by atoms with Crippen molar-refractivity contribution in [2.75, 3.05) is 32.5 Å². The Hall–Kier alpha value is -3.04. The maximum absolute atomic E-state index is 13.1. The summed E-state index contributed by atoms with van der Waals surface area (Å²) in [4.78, 5) is 15.1. The van der Waals surface area contributed by atoms with Crippen molar-refractivity contribution in [1.82, 2.24) is 4.90 Å². The Morgan fingerprint density at radius 1 is 1.09 bits per heavy atom. The molecule has 0 radical (unpaired) electrons. The molecule has 0 aliphatic carbocycles. The van der Waals surface area contributed by atoms with E-state index in [9.17, 15) is 13.2 Å². The molecule has 0 unspecified atom stereocenters. The topological polar surface area (TPSA) is 95.3 Å². The van der Waals surface area contributed by atoms with Crippen molar-refractivity contribution >= 4 is 20.8 Å². The highest BCUT2D eigenvalue weighted by atomic mass is 32.2. The Bertz CT molecular complexity index is 1410. The minimum absolute atomic E-state index is 0.0998. The number of benzene rings is 2. The van der Waals surface area contributed by atoms with Crippen LogP contribution in [0, 0.1) is 6.92 Å². The minimum atomic E-state index is -3.02. The average Bonchev–Trinajstić information content (AvgIpc) is 3.18. The van der Waals surface area contributed by atoms with Gasteiger partial charge in [0.05, 0.1) is 36.9 Å². The first-order valence-corrected chi connectivity index (χ1v) is 12.5. The molecule has 1 atom stereocenters. The molecule has 3 aromatic rings. The van der Waals surface area contributed by atoms with Crippen molar-refractivity contribution in [3.05, 3.63) is 51.9 Å². The third-order valence-electron chi connectivity index (χ3n) is 6.54. The summed E-state index contributed by atoms with van der Waals surface area (Å²) >= 11 is 0. The van der Waals surface area contributed by atoms with Crippen molar-refractivity contribution in [3.8, 4) is 28.4 Å². The average molecular weight is 472 g/mol. The summed E-state index contributed by atoms with van der Waals surface area (Å²) in [5.74, 6) is 2.07. The molecule has 8 nitrogen and oxygen atoms in total. The molecule has 2 aromatic carbocycles. The standard InChI is InChI=1S/C24H25NO7S/c1-14-17-5-7-19-18(11-25(13-31-19)16-8-9-33(27,28)12-16)23(17)32-24(26)22(14)15-4-6-20(29-2)21(10-15)30-3/h4-7,10,16H,8-9,11-13H2,1-3H3/t16-/m0/s1. The molecule has 1 fully saturated rings. The number of aryl methyl sites for hydroxylation is 1. The van der Waals surface area contributed by atoms with Gasteiger partial charge in [-0.1, -0.05) is 6.07 Å². The number of hydrogen-bond donors (Lipinski definition) is 0. The summed E-state index contributed by atoms with van der Waals surface area (Å²) < 4.78 is 46.4. The number of ether oxygens (including phenoxy) is 3. The van der Waals surface area contributed by atoms with Crippen LogP contribution >= 0.6 is 0 Å². The van der Waals surface area contributed by atoms with Crippen LogP contribution in [0.2, 0.25) is 0 Å². The minimum Gasteiger partial charge on any atom is -0.493 e. The Balaban J connectivity index is 1.59. The van der Waals surface area contributed by atoms with Gasteiger partial charge in [-0.3, -0.25) is 4.90 Å². The lowest BCUT2D eigenvalue weighted by atomic mass is 9.97. The summed E-state index contributed by atoms with van der Waals surface area (Å²) in [7, 11) is 0.0898. The fourth-order valence-corrected chi connectivity index (χ4v) is 6.52. The van der Waals surface area contributed by atoms with Crippen LogP contribution in [-0.2, 0) is 16.4 Å². The molecule has 2 aliphatic rings. The molecule has 33 heavy (non-hydrogen) atoms. The van der Waals surface area contributed by atoms with E-state index in [1.165, 1.54) is 0 Å². The van der Waals surface area contributed by atoms with Crippen LogP contribution in [0.1, 0.15) is 17.5 Å². The van der Waals surface area contributed by atoms with Gasteiger partial charge in [0.15, 0.2) is 21.3 Å². The largest absolute Gasteiger partial charge is 0.493 e. The van der Waals surface area contributed by atoms with E-state index >= 15 is 0 Å². The molecule has 0 amide bonds. The monoisotopic (exact) mass is 471 g/mol. The number of rotatable bonds is 4. The van der Waals surface area contributed by atoms with Crippen LogP contribution in [0.4, 0.5) is 0 Å². The summed E-state index contributed by atoms with van der Waals surface area (Å²) in [5.41, 5.74) is 2.70. The molecule has 2 aliphatic heterocycles. The number of fused-ring (bicyclic) bond motifs is 3. The smallest absolute Gasteiger partial charge is 0.344 e. The van der Waals surface area contributed by atoms with E-state index in [0.717, 1.165) is 16.5 Å². The second-order valence-electron chi connectivity index (χ2n) is 8.46. The van der Waals surface area contributed by atoms with Crippen molar-refractivity contribution in [3.63, 3.8) is 0 Å². The van der Waals surface area contributed by atoms with Crippen LogP contribution in [-0.4, -0.2) is 51.8 Å². The zero-order valence-corrected chi connectivity index (χ0v) is 19.5. The summed E-state index contributed by atoms with van der Waals surface area (Å²) in [5, 5.41) is 0.808. The zero-order valence-electron chi connectivity index (χ0n) is 18.7. The molecule has 9 heteroatoms. The Labute approximate surface area is 191 Å². The van der Waals surface area contributed by atoms with Crippen LogP contribution in [0.15, 0.2) is 39.5 Å². The first-order valence-electron chi connectivity index (χ1n) is 10.7. The third-order valence-corrected chi connectivity index (χ3v) is 8.29. The molecule has 0 N–H and O–H groups in total. The van der Waals surface area contributed by atoms with E-state index < -0.39 is 15.5 Å². The second-order valence-corrected chi connectivity index (χ2v) is 10.7. The van der Waals surface area contributed by atoms with Gasteiger partial charge in [0, 0.05) is 18.0 Å². The number of sulfone groups is 1. The second kappa shape index (κ2) is 8.07. The summed E-state index contributed by atoms with van der Waals surface area (Å²) in [6.07, 6.45) is 0.582. The summed E-state index contributed by atoms with van der Waals surface area (Å²) in [6, 6.07) is 8.99. The molecular formula is C24H25NO7S. The van der Waals surface area contributed by atoms with E-state index in [2.05, 4.69) is 0 Å². The van der Waals surface area contributed by atoms with Gasteiger partial charge in [-0.05, 0) is 48.7 Å². The molecule has 5 rings (SSSR count). The highest BCUT2D eigenvalue weighted by Gasteiger charge is 2.35. The van der Waals surface area contributed by atoms with Gasteiger partial charge in [-0.15, -0.1) is 0 Å². The van der Waals surface area contributed by atoms with Gasteiger partial charge >= 0.3 is 5.63 Å². The molecule has 0 spiro atoms. The third kappa shape index (κ3) is 3.75. The zero-order chi connectivity index (χ0) is 23.3. The van der Waals surface area contributed by atoms with Gasteiger partial charge in [-0.2, -0.15) is 0 Å². The number of hydrogen-bond acceptors (Lipinski definition) is 8. The van der Waals surface area contributed by atoms with Crippen LogP contribution < -0.4 is 19.8 Å². The quantitative estimate of drug-likeness (QED) is 0.536. The van der Waals surface area contributed by atoms with Crippen LogP contribution in [0.5, 0.6) is 17.2 Å². The van der Waals surface area contributed by atoms with Gasteiger partial charge in [0.25, 0.3) is 0 Å². The normalized spacial score (nSPS) is 19.8. The van der Waals surface area contributed by atoms with E-state index in [1.54, 1.807) is 32.4 Å². The van der Waals surface area contributed by atoms with Crippen molar-refractivity contribution in [2.45, 2.75) is 25.9 Å². The molecule has 174 valence electrons. The van der Waals surface area contributed by atoms with Crippen LogP contribution in [0.3, 0.4) is 0 Å². The van der Waals surface area contributed by atoms with Crippen molar-refractivity contribution in [1.29, 1.82) is 0 Å². The molecule has 1 saturated heterocycles. The summed E-state index contributed by atoms with van der Waals surface area (Å²) in [6.45, 7) is 2.67. The first kappa shape index (κ1) is 21.8. The predicted octanol–water partition coefficient (Wildman–Crippen LogP) is 3.12. The fourth-order valence-electron chi connectivity index (χ4n) is 4.76. The van der Waals surface area contributed by atoms with Gasteiger partial charge in [-0.25, -0.2) is 13.2 Å². The van der Waals surface area contributed by atoms with Crippen molar-refractivity contribution in [2.24, 2.45) is 0 Å². The maximum atomic E-state index is 13.1. The van der Waals surface area contributed by atoms with E-state index in [-0.39, 0.29) is 17.5 Å². The highest BCUT2D eigenvalue weighted by molar-refractivity contribution is 7.91. The Morgan fingerprint density at radius 2 is 1.88 bits per heavy atom. The first-order chi connectivity index (χ1) is 15.8. The van der Waals surface area contributed by atoms with Crippen LogP contribution in [0.25, 0.3) is 22.1 Å². The van der Waals surface area contributed by atoms with Crippen molar-refractivity contribution < 1.29 is 27.0 Å². The maximum Gasteiger partial charge on any atom is 0.344 e. The molecule has 0 saturated carbocycles. The molecular weight excluding hydrogens is 446 g/mol. The molecule has 0 bridgehead atoms. The number of methoxy groups -OCH3 is 2. The van der Waals surface area contributed by atoms with Gasteiger partial charge in [0.1, 0.15) is 18.1 Å². The SMILES string of the molecule is COc1ccc(-c2c(C)c3ccc4c(c3oc2=O)CN([C@H]2CCS(=O)(=O)C2)CO4)cc1OC. The number of nitrogens with zero attached hydrogens (tertiary/aromatic N) is 1. The van der Waals surface area contributed by atoms with E-state index in [4.69, 9.17) is 18.6 Å². The lowest BCUT2D eigenvalue weighted by Crippen LogP contribution is -2.41. The highest BCUT2D eigenvalue weighted by Crippen LogP contribution is 2.38.